The maximum atomic E-state index is 12.0. The SMILES string of the molecule is CCCCCc1ncnc(NC(=O)c2ccnc(N)c2)n1. The van der Waals surface area contributed by atoms with Crippen molar-refractivity contribution in [3.05, 3.63) is 36.0 Å². The van der Waals surface area contributed by atoms with E-state index in [9.17, 15) is 4.79 Å². The van der Waals surface area contributed by atoms with Crippen molar-refractivity contribution in [2.45, 2.75) is 32.6 Å². The Labute approximate surface area is 123 Å². The molecule has 7 nitrogen and oxygen atoms in total. The van der Waals surface area contributed by atoms with Gasteiger partial charge < -0.3 is 5.73 Å². The van der Waals surface area contributed by atoms with E-state index in [1.54, 1.807) is 6.07 Å². The number of carbonyl (C=O) groups is 1. The van der Waals surface area contributed by atoms with Crippen LogP contribution in [0.15, 0.2) is 24.7 Å². The standard InChI is InChI=1S/C14H18N6O/c1-2-3-4-5-12-17-9-18-14(19-12)20-13(21)10-6-7-16-11(15)8-10/h6-9H,2-5H2,1H3,(H2,15,16)(H,17,18,19,20,21). The van der Waals surface area contributed by atoms with Crippen molar-refractivity contribution in [1.29, 1.82) is 0 Å². The van der Waals surface area contributed by atoms with Crippen LogP contribution in [0.25, 0.3) is 0 Å². The van der Waals surface area contributed by atoms with E-state index in [-0.39, 0.29) is 11.9 Å². The number of amides is 1. The summed E-state index contributed by atoms with van der Waals surface area (Å²) in [7, 11) is 0. The first kappa shape index (κ1) is 14.8. The van der Waals surface area contributed by atoms with Gasteiger partial charge in [-0.25, -0.2) is 15.0 Å². The first-order valence-electron chi connectivity index (χ1n) is 6.90. The van der Waals surface area contributed by atoms with Gasteiger partial charge in [0.2, 0.25) is 5.95 Å². The zero-order chi connectivity index (χ0) is 15.1. The summed E-state index contributed by atoms with van der Waals surface area (Å²) < 4.78 is 0. The van der Waals surface area contributed by atoms with E-state index in [1.165, 1.54) is 18.6 Å². The quantitative estimate of drug-likeness (QED) is 0.784. The number of carbonyl (C=O) groups excluding carboxylic acids is 1. The van der Waals surface area contributed by atoms with Crippen LogP contribution in [-0.2, 0) is 6.42 Å². The Balaban J connectivity index is 2.02. The van der Waals surface area contributed by atoms with Crippen LogP contribution in [0, 0.1) is 0 Å². The van der Waals surface area contributed by atoms with Gasteiger partial charge in [0, 0.05) is 18.2 Å². The largest absolute Gasteiger partial charge is 0.384 e. The first-order chi connectivity index (χ1) is 10.2. The predicted octanol–water partition coefficient (Wildman–Crippen LogP) is 1.83. The Kier molecular flexibility index (Phi) is 5.14. The molecule has 0 atom stereocenters. The number of aromatic nitrogens is 4. The number of rotatable bonds is 6. The maximum absolute atomic E-state index is 12.0. The number of nitrogens with one attached hydrogen (secondary N) is 1. The van der Waals surface area contributed by atoms with Gasteiger partial charge in [-0.05, 0) is 18.6 Å². The molecule has 0 aliphatic heterocycles. The third kappa shape index (κ3) is 4.48. The van der Waals surface area contributed by atoms with Crippen molar-refractivity contribution in [2.75, 3.05) is 11.1 Å². The van der Waals surface area contributed by atoms with Crippen LogP contribution in [0.2, 0.25) is 0 Å². The van der Waals surface area contributed by atoms with Gasteiger partial charge in [-0.1, -0.05) is 19.8 Å². The fourth-order valence-electron chi connectivity index (χ4n) is 1.81. The van der Waals surface area contributed by atoms with Gasteiger partial charge in [0.15, 0.2) is 0 Å². The van der Waals surface area contributed by atoms with Crippen LogP contribution >= 0.6 is 0 Å². The number of unbranched alkanes of at least 4 members (excludes halogenated alkanes) is 2. The summed E-state index contributed by atoms with van der Waals surface area (Å²) in [5.74, 6) is 0.897. The molecule has 1 amide bonds. The molecule has 0 aliphatic carbocycles. The van der Waals surface area contributed by atoms with E-state index in [0.29, 0.717) is 17.2 Å². The highest BCUT2D eigenvalue weighted by atomic mass is 16.1. The Morgan fingerprint density at radius 2 is 2.14 bits per heavy atom. The van der Waals surface area contributed by atoms with Gasteiger partial charge in [0.05, 0.1) is 0 Å². The monoisotopic (exact) mass is 286 g/mol. The second-order valence-corrected chi connectivity index (χ2v) is 4.61. The maximum Gasteiger partial charge on any atom is 0.258 e. The Morgan fingerprint density at radius 1 is 1.29 bits per heavy atom. The molecule has 2 aromatic heterocycles. The number of anilines is 2. The van der Waals surface area contributed by atoms with Crippen molar-refractivity contribution in [1.82, 2.24) is 19.9 Å². The average molecular weight is 286 g/mol. The molecule has 110 valence electrons. The van der Waals surface area contributed by atoms with Crippen molar-refractivity contribution in [3.63, 3.8) is 0 Å². The second kappa shape index (κ2) is 7.28. The molecule has 0 unspecified atom stereocenters. The minimum absolute atomic E-state index is 0.247. The molecule has 0 saturated heterocycles. The normalized spacial score (nSPS) is 10.3. The predicted molar refractivity (Wildman–Crippen MR) is 79.7 cm³/mol. The minimum atomic E-state index is -0.324. The molecular formula is C14H18N6O. The molecule has 2 aromatic rings. The summed E-state index contributed by atoms with van der Waals surface area (Å²) in [6, 6.07) is 3.08. The summed E-state index contributed by atoms with van der Waals surface area (Å²) in [6.07, 6.45) is 6.96. The van der Waals surface area contributed by atoms with E-state index in [4.69, 9.17) is 5.73 Å². The van der Waals surface area contributed by atoms with Crippen LogP contribution in [0.3, 0.4) is 0 Å². The average Bonchev–Trinajstić information content (AvgIpc) is 2.48. The van der Waals surface area contributed by atoms with Gasteiger partial charge in [-0.15, -0.1) is 0 Å². The smallest absolute Gasteiger partial charge is 0.258 e. The highest BCUT2D eigenvalue weighted by molar-refractivity contribution is 6.03. The highest BCUT2D eigenvalue weighted by Gasteiger charge is 2.09. The van der Waals surface area contributed by atoms with Gasteiger partial charge in [-0.2, -0.15) is 4.98 Å². The Bertz CT molecular complexity index is 616. The molecule has 0 saturated carbocycles. The van der Waals surface area contributed by atoms with Crippen LogP contribution in [-0.4, -0.2) is 25.8 Å². The topological polar surface area (TPSA) is 107 Å². The van der Waals surface area contributed by atoms with Crippen molar-refractivity contribution in [3.8, 4) is 0 Å². The molecule has 0 bridgehead atoms. The number of nitrogen functional groups attached to an aromatic ring is 1. The number of nitrogens with two attached hydrogens (primary N) is 1. The molecule has 3 N–H and O–H groups in total. The van der Waals surface area contributed by atoms with E-state index in [1.807, 2.05) is 0 Å². The first-order valence-corrected chi connectivity index (χ1v) is 6.90. The number of nitrogens with zero attached hydrogens (tertiary/aromatic N) is 4. The van der Waals surface area contributed by atoms with Gasteiger partial charge >= 0.3 is 0 Å². The second-order valence-electron chi connectivity index (χ2n) is 4.61. The number of aryl methyl sites for hydroxylation is 1. The van der Waals surface area contributed by atoms with Gasteiger partial charge in [0.25, 0.3) is 5.91 Å². The number of pyridine rings is 1. The fraction of sp³-hybridized carbons (Fsp3) is 0.357. The minimum Gasteiger partial charge on any atom is -0.384 e. The molecule has 0 spiro atoms. The third-order valence-electron chi connectivity index (χ3n) is 2.89. The Hall–Kier alpha value is -2.57. The Morgan fingerprint density at radius 3 is 2.90 bits per heavy atom. The molecule has 0 fully saturated rings. The molecule has 2 heterocycles. The zero-order valence-electron chi connectivity index (χ0n) is 11.9. The van der Waals surface area contributed by atoms with E-state index >= 15 is 0 Å². The molecule has 7 heteroatoms. The molecule has 0 aromatic carbocycles. The summed E-state index contributed by atoms with van der Waals surface area (Å²) in [4.78, 5) is 28.2. The summed E-state index contributed by atoms with van der Waals surface area (Å²) in [5.41, 5.74) is 5.96. The summed E-state index contributed by atoms with van der Waals surface area (Å²) in [6.45, 7) is 2.14. The zero-order valence-corrected chi connectivity index (χ0v) is 11.9. The third-order valence-corrected chi connectivity index (χ3v) is 2.89. The number of hydrogen-bond donors (Lipinski definition) is 2. The number of hydrogen-bond acceptors (Lipinski definition) is 6. The highest BCUT2D eigenvalue weighted by Crippen LogP contribution is 2.07. The lowest BCUT2D eigenvalue weighted by Gasteiger charge is -2.05. The van der Waals surface area contributed by atoms with Gasteiger partial charge in [0.1, 0.15) is 18.0 Å². The van der Waals surface area contributed by atoms with E-state index < -0.39 is 0 Å². The summed E-state index contributed by atoms with van der Waals surface area (Å²) >= 11 is 0. The van der Waals surface area contributed by atoms with Gasteiger partial charge in [-0.3, -0.25) is 10.1 Å². The van der Waals surface area contributed by atoms with Crippen molar-refractivity contribution >= 4 is 17.7 Å². The van der Waals surface area contributed by atoms with Crippen molar-refractivity contribution in [2.24, 2.45) is 0 Å². The van der Waals surface area contributed by atoms with E-state index in [2.05, 4.69) is 32.2 Å². The molecule has 0 aliphatic rings. The van der Waals surface area contributed by atoms with Crippen molar-refractivity contribution < 1.29 is 4.79 Å². The fourth-order valence-corrected chi connectivity index (χ4v) is 1.81. The lowest BCUT2D eigenvalue weighted by atomic mass is 10.2. The van der Waals surface area contributed by atoms with E-state index in [0.717, 1.165) is 25.7 Å². The lowest BCUT2D eigenvalue weighted by molar-refractivity contribution is 0.102. The van der Waals surface area contributed by atoms with Crippen LogP contribution in [0.4, 0.5) is 11.8 Å². The molecule has 0 radical (unpaired) electrons. The lowest BCUT2D eigenvalue weighted by Crippen LogP contribution is -2.15. The van der Waals surface area contributed by atoms with Crippen LogP contribution < -0.4 is 11.1 Å². The molecule has 21 heavy (non-hydrogen) atoms. The van der Waals surface area contributed by atoms with Crippen LogP contribution in [0.5, 0.6) is 0 Å². The van der Waals surface area contributed by atoms with Crippen LogP contribution in [0.1, 0.15) is 42.4 Å². The molecular weight excluding hydrogens is 268 g/mol. The summed E-state index contributed by atoms with van der Waals surface area (Å²) in [5, 5.41) is 2.63. The molecule has 2 rings (SSSR count).